The molecule has 3 rings (SSSR count). The first-order valence-corrected chi connectivity index (χ1v) is 9.26. The Morgan fingerprint density at radius 1 is 1.26 bits per heavy atom. The van der Waals surface area contributed by atoms with Crippen LogP contribution >= 0.6 is 23.5 Å². The Morgan fingerprint density at radius 2 is 2.09 bits per heavy atom. The van der Waals surface area contributed by atoms with Gasteiger partial charge in [-0.05, 0) is 36.6 Å². The predicted molar refractivity (Wildman–Crippen MR) is 96.2 cm³/mol. The van der Waals surface area contributed by atoms with E-state index in [1.54, 1.807) is 11.8 Å². The number of amides is 2. The summed E-state index contributed by atoms with van der Waals surface area (Å²) in [5.74, 6) is -0.281. The van der Waals surface area contributed by atoms with Crippen LogP contribution in [0.3, 0.4) is 0 Å². The molecule has 6 heteroatoms. The van der Waals surface area contributed by atoms with Gasteiger partial charge in [0.15, 0.2) is 0 Å². The van der Waals surface area contributed by atoms with E-state index in [0.29, 0.717) is 0 Å². The van der Waals surface area contributed by atoms with Crippen molar-refractivity contribution >= 4 is 46.7 Å². The first-order valence-electron chi connectivity index (χ1n) is 7.16. The highest BCUT2D eigenvalue weighted by Crippen LogP contribution is 2.36. The lowest BCUT2D eigenvalue weighted by Gasteiger charge is -2.23. The van der Waals surface area contributed by atoms with Gasteiger partial charge in [-0.3, -0.25) is 9.59 Å². The highest BCUT2D eigenvalue weighted by Gasteiger charge is 2.28. The van der Waals surface area contributed by atoms with Gasteiger partial charge in [0.2, 0.25) is 11.8 Å². The van der Waals surface area contributed by atoms with Gasteiger partial charge in [0.05, 0.1) is 10.9 Å². The SMILES string of the molecule is CSc1cccc(NC(=O)C[C@@H]2Sc3ccccc3NC2=O)c1. The molecule has 0 aromatic heterocycles. The fraction of sp³-hybridized carbons (Fsp3) is 0.176. The maximum atomic E-state index is 12.2. The van der Waals surface area contributed by atoms with E-state index < -0.39 is 5.25 Å². The molecule has 2 amide bonds. The molecule has 118 valence electrons. The highest BCUT2D eigenvalue weighted by molar-refractivity contribution is 8.01. The van der Waals surface area contributed by atoms with Crippen molar-refractivity contribution < 1.29 is 9.59 Å². The third kappa shape index (κ3) is 3.89. The van der Waals surface area contributed by atoms with Crippen molar-refractivity contribution in [2.24, 2.45) is 0 Å². The number of benzene rings is 2. The molecule has 23 heavy (non-hydrogen) atoms. The van der Waals surface area contributed by atoms with Crippen molar-refractivity contribution in [1.29, 1.82) is 0 Å². The molecule has 0 bridgehead atoms. The van der Waals surface area contributed by atoms with Crippen LogP contribution in [-0.2, 0) is 9.59 Å². The van der Waals surface area contributed by atoms with E-state index in [1.165, 1.54) is 11.8 Å². The monoisotopic (exact) mass is 344 g/mol. The fourth-order valence-corrected chi connectivity index (χ4v) is 3.88. The Kier molecular flexibility index (Phi) is 4.93. The lowest BCUT2D eigenvalue weighted by molar-refractivity contribution is -0.120. The fourth-order valence-electron chi connectivity index (χ4n) is 2.31. The van der Waals surface area contributed by atoms with Crippen LogP contribution in [0, 0.1) is 0 Å². The number of carbonyl (C=O) groups excluding carboxylic acids is 2. The smallest absolute Gasteiger partial charge is 0.238 e. The highest BCUT2D eigenvalue weighted by atomic mass is 32.2. The van der Waals surface area contributed by atoms with Crippen LogP contribution in [0.25, 0.3) is 0 Å². The molecule has 2 aromatic rings. The normalized spacial score (nSPS) is 16.4. The number of thioether (sulfide) groups is 2. The Bertz CT molecular complexity index is 749. The number of hydrogen-bond acceptors (Lipinski definition) is 4. The molecular formula is C17H16N2O2S2. The summed E-state index contributed by atoms with van der Waals surface area (Å²) < 4.78 is 0. The van der Waals surface area contributed by atoms with Crippen LogP contribution in [0.1, 0.15) is 6.42 Å². The van der Waals surface area contributed by atoms with Crippen LogP contribution in [0.5, 0.6) is 0 Å². The van der Waals surface area contributed by atoms with Crippen molar-refractivity contribution in [3.05, 3.63) is 48.5 Å². The van der Waals surface area contributed by atoms with E-state index in [-0.39, 0.29) is 18.2 Å². The van der Waals surface area contributed by atoms with Crippen molar-refractivity contribution in [3.8, 4) is 0 Å². The van der Waals surface area contributed by atoms with Gasteiger partial charge in [0.25, 0.3) is 0 Å². The summed E-state index contributed by atoms with van der Waals surface area (Å²) in [4.78, 5) is 26.4. The molecule has 0 fully saturated rings. The minimum atomic E-state index is -0.409. The second-order valence-electron chi connectivity index (χ2n) is 5.08. The Balaban J connectivity index is 1.65. The number of carbonyl (C=O) groups is 2. The van der Waals surface area contributed by atoms with Gasteiger partial charge in [-0.25, -0.2) is 0 Å². The van der Waals surface area contributed by atoms with Crippen molar-refractivity contribution in [2.45, 2.75) is 21.5 Å². The maximum absolute atomic E-state index is 12.2. The van der Waals surface area contributed by atoms with Crippen molar-refractivity contribution in [2.75, 3.05) is 16.9 Å². The first-order chi connectivity index (χ1) is 11.2. The average molecular weight is 344 g/mol. The quantitative estimate of drug-likeness (QED) is 0.827. The average Bonchev–Trinajstić information content (AvgIpc) is 2.55. The number of nitrogens with one attached hydrogen (secondary N) is 2. The van der Waals surface area contributed by atoms with E-state index in [4.69, 9.17) is 0 Å². The van der Waals surface area contributed by atoms with Crippen LogP contribution < -0.4 is 10.6 Å². The van der Waals surface area contributed by atoms with Crippen molar-refractivity contribution in [1.82, 2.24) is 0 Å². The molecule has 0 aliphatic carbocycles. The molecule has 0 saturated heterocycles. The number of rotatable bonds is 4. The van der Waals surface area contributed by atoms with Gasteiger partial charge in [0, 0.05) is 21.9 Å². The van der Waals surface area contributed by atoms with Gasteiger partial charge >= 0.3 is 0 Å². The van der Waals surface area contributed by atoms with Gasteiger partial charge in [-0.1, -0.05) is 18.2 Å². The largest absolute Gasteiger partial charge is 0.326 e. The zero-order valence-corrected chi connectivity index (χ0v) is 14.2. The summed E-state index contributed by atoms with van der Waals surface area (Å²) in [6.07, 6.45) is 2.13. The van der Waals surface area contributed by atoms with Crippen LogP contribution in [0.2, 0.25) is 0 Å². The third-order valence-electron chi connectivity index (χ3n) is 3.43. The Morgan fingerprint density at radius 3 is 2.91 bits per heavy atom. The molecule has 0 saturated carbocycles. The van der Waals surface area contributed by atoms with Crippen molar-refractivity contribution in [3.63, 3.8) is 0 Å². The summed E-state index contributed by atoms with van der Waals surface area (Å²) >= 11 is 3.05. The molecule has 1 atom stereocenters. The molecule has 1 aliphatic heterocycles. The molecule has 1 heterocycles. The maximum Gasteiger partial charge on any atom is 0.238 e. The number of para-hydroxylation sites is 1. The Hall–Kier alpha value is -1.92. The lowest BCUT2D eigenvalue weighted by Crippen LogP contribution is -2.32. The van der Waals surface area contributed by atoms with E-state index in [9.17, 15) is 9.59 Å². The van der Waals surface area contributed by atoms with Gasteiger partial charge in [-0.15, -0.1) is 23.5 Å². The first kappa shape index (κ1) is 16.0. The number of hydrogen-bond donors (Lipinski definition) is 2. The molecule has 2 aromatic carbocycles. The molecule has 2 N–H and O–H groups in total. The summed E-state index contributed by atoms with van der Waals surface area (Å²) in [6, 6.07) is 15.3. The Labute approximate surface area is 143 Å². The van der Waals surface area contributed by atoms with Crippen LogP contribution in [0.15, 0.2) is 58.3 Å². The van der Waals surface area contributed by atoms with E-state index in [1.807, 2.05) is 54.8 Å². The molecule has 0 radical (unpaired) electrons. The zero-order chi connectivity index (χ0) is 16.2. The second-order valence-corrected chi connectivity index (χ2v) is 7.20. The minimum Gasteiger partial charge on any atom is -0.326 e. The van der Waals surface area contributed by atoms with E-state index >= 15 is 0 Å². The van der Waals surface area contributed by atoms with E-state index in [0.717, 1.165) is 21.2 Å². The lowest BCUT2D eigenvalue weighted by atomic mass is 10.2. The molecular weight excluding hydrogens is 328 g/mol. The summed E-state index contributed by atoms with van der Waals surface area (Å²) in [6.45, 7) is 0. The number of fused-ring (bicyclic) bond motifs is 1. The molecule has 0 unspecified atom stereocenters. The van der Waals surface area contributed by atoms with Gasteiger partial charge < -0.3 is 10.6 Å². The minimum absolute atomic E-state index is 0.123. The second kappa shape index (κ2) is 7.10. The topological polar surface area (TPSA) is 58.2 Å². The molecule has 4 nitrogen and oxygen atoms in total. The van der Waals surface area contributed by atoms with Crippen LogP contribution in [-0.4, -0.2) is 23.3 Å². The number of anilines is 2. The molecule has 0 spiro atoms. The van der Waals surface area contributed by atoms with Gasteiger partial charge in [-0.2, -0.15) is 0 Å². The summed E-state index contributed by atoms with van der Waals surface area (Å²) in [5.41, 5.74) is 1.57. The summed E-state index contributed by atoms with van der Waals surface area (Å²) in [5, 5.41) is 5.31. The third-order valence-corrected chi connectivity index (χ3v) is 5.43. The zero-order valence-electron chi connectivity index (χ0n) is 12.5. The molecule has 1 aliphatic rings. The van der Waals surface area contributed by atoms with Gasteiger partial charge in [0.1, 0.15) is 0 Å². The van der Waals surface area contributed by atoms with Crippen LogP contribution in [0.4, 0.5) is 11.4 Å². The van der Waals surface area contributed by atoms with E-state index in [2.05, 4.69) is 10.6 Å². The standard InChI is InChI=1S/C17H16N2O2S2/c1-22-12-6-4-5-11(9-12)18-16(20)10-15-17(21)19-13-7-2-3-8-14(13)23-15/h2-9,15H,10H2,1H3,(H,18,20)(H,19,21)/t15-/m0/s1. The summed E-state index contributed by atoms with van der Waals surface area (Å²) in [7, 11) is 0. The predicted octanol–water partition coefficient (Wildman–Crippen LogP) is 3.85.